The zero-order chi connectivity index (χ0) is 12.1. The number of ether oxygens (including phenoxy) is 1. The van der Waals surface area contributed by atoms with Gasteiger partial charge in [0.05, 0.1) is 17.7 Å². The van der Waals surface area contributed by atoms with Crippen LogP contribution in [-0.2, 0) is 10.1 Å². The van der Waals surface area contributed by atoms with E-state index in [0.29, 0.717) is 10.9 Å². The van der Waals surface area contributed by atoms with Gasteiger partial charge in [-0.3, -0.25) is 0 Å². The van der Waals surface area contributed by atoms with Crippen LogP contribution in [0.5, 0.6) is 5.75 Å². The summed E-state index contributed by atoms with van der Waals surface area (Å²) < 4.78 is 4.82. The van der Waals surface area contributed by atoms with Crippen LogP contribution in [0.1, 0.15) is 28.4 Å². The second kappa shape index (κ2) is 5.52. The highest BCUT2D eigenvalue weighted by atomic mass is 79.9. The monoisotopic (exact) mass is 283 g/mol. The molecule has 0 bridgehead atoms. The topological polar surface area (TPSA) is 70.3 Å². The van der Waals surface area contributed by atoms with Gasteiger partial charge in [0, 0.05) is 10.9 Å². The van der Waals surface area contributed by atoms with E-state index in [1.165, 1.54) is 12.1 Å². The summed E-state index contributed by atoms with van der Waals surface area (Å²) in [6.07, 6.45) is 0. The first kappa shape index (κ1) is 12.5. The highest BCUT2D eigenvalue weighted by Gasteiger charge is 2.15. The number of esters is 1. The second-order valence-corrected chi connectivity index (χ2v) is 3.55. The molecule has 0 fully saturated rings. The number of rotatable bonds is 3. The Kier molecular flexibility index (Phi) is 4.32. The molecule has 0 unspecified atom stereocenters. The van der Waals surface area contributed by atoms with Gasteiger partial charge < -0.3 is 9.84 Å². The van der Waals surface area contributed by atoms with Gasteiger partial charge >= 0.3 is 5.97 Å². The summed E-state index contributed by atoms with van der Waals surface area (Å²) in [5, 5.41) is 18.8. The number of aromatic hydroxyl groups is 1. The van der Waals surface area contributed by atoms with Gasteiger partial charge in [-0.05, 0) is 19.1 Å². The van der Waals surface area contributed by atoms with Gasteiger partial charge in [-0.2, -0.15) is 5.26 Å². The maximum atomic E-state index is 11.5. The van der Waals surface area contributed by atoms with Crippen LogP contribution in [0.25, 0.3) is 0 Å². The van der Waals surface area contributed by atoms with Crippen molar-refractivity contribution in [3.8, 4) is 11.8 Å². The maximum Gasteiger partial charge on any atom is 0.339 e. The molecule has 16 heavy (non-hydrogen) atoms. The Morgan fingerprint density at radius 2 is 2.31 bits per heavy atom. The van der Waals surface area contributed by atoms with Crippen LogP contribution in [0.15, 0.2) is 12.1 Å². The normalized spacial score (nSPS) is 9.56. The molecule has 84 valence electrons. The van der Waals surface area contributed by atoms with E-state index in [4.69, 9.17) is 10.00 Å². The lowest BCUT2D eigenvalue weighted by atomic mass is 10.0. The number of phenols is 1. The van der Waals surface area contributed by atoms with E-state index >= 15 is 0 Å². The molecule has 1 aromatic carbocycles. The Morgan fingerprint density at radius 3 is 2.81 bits per heavy atom. The molecule has 0 amide bonds. The lowest BCUT2D eigenvalue weighted by Gasteiger charge is -2.07. The van der Waals surface area contributed by atoms with E-state index in [1.54, 1.807) is 6.92 Å². The Labute approximate surface area is 102 Å². The molecule has 1 aromatic rings. The highest BCUT2D eigenvalue weighted by Crippen LogP contribution is 2.24. The quantitative estimate of drug-likeness (QED) is 0.683. The molecule has 0 aliphatic rings. The van der Waals surface area contributed by atoms with Crippen LogP contribution in [0, 0.1) is 11.3 Å². The first-order chi connectivity index (χ1) is 7.63. The molecule has 0 aromatic heterocycles. The van der Waals surface area contributed by atoms with Crippen LogP contribution in [0.4, 0.5) is 0 Å². The molecule has 1 rings (SSSR count). The fraction of sp³-hybridized carbons (Fsp3) is 0.273. The zero-order valence-electron chi connectivity index (χ0n) is 8.66. The van der Waals surface area contributed by atoms with Crippen LogP contribution in [0.2, 0.25) is 0 Å². The second-order valence-electron chi connectivity index (χ2n) is 2.99. The number of carbonyl (C=O) groups excluding carboxylic acids is 1. The number of nitrogens with zero attached hydrogens (tertiary/aromatic N) is 1. The Bertz CT molecular complexity index is 451. The third kappa shape index (κ3) is 2.52. The Hall–Kier alpha value is -1.54. The first-order valence-corrected chi connectivity index (χ1v) is 5.75. The number of phenolic OH excluding ortho intramolecular Hbond substituents is 1. The van der Waals surface area contributed by atoms with Gasteiger partial charge in [-0.15, -0.1) is 0 Å². The molecule has 0 aliphatic carbocycles. The summed E-state index contributed by atoms with van der Waals surface area (Å²) in [5.74, 6) is -0.567. The Morgan fingerprint density at radius 1 is 1.62 bits per heavy atom. The van der Waals surface area contributed by atoms with Gasteiger partial charge in [0.1, 0.15) is 11.8 Å². The van der Waals surface area contributed by atoms with E-state index in [9.17, 15) is 9.90 Å². The summed E-state index contributed by atoms with van der Waals surface area (Å²) in [5.41, 5.74) is 0.833. The Balaban J connectivity index is 3.26. The standard InChI is InChI=1S/C11H10BrNO3/c1-2-16-11(15)9-3-7(5-12)10(14)4-8(9)6-13/h3-4,14H,2,5H2,1H3. The molecule has 0 radical (unpaired) electrons. The van der Waals surface area contributed by atoms with Crippen molar-refractivity contribution in [3.63, 3.8) is 0 Å². The molecule has 0 saturated heterocycles. The number of carbonyl (C=O) groups is 1. The van der Waals surface area contributed by atoms with Gasteiger partial charge in [-0.1, -0.05) is 15.9 Å². The van der Waals surface area contributed by atoms with Crippen LogP contribution < -0.4 is 0 Å². The number of halogens is 1. The third-order valence-corrected chi connectivity index (χ3v) is 2.58. The first-order valence-electron chi connectivity index (χ1n) is 4.63. The van der Waals surface area contributed by atoms with Crippen molar-refractivity contribution in [2.45, 2.75) is 12.3 Å². The van der Waals surface area contributed by atoms with Crippen molar-refractivity contribution >= 4 is 21.9 Å². The zero-order valence-corrected chi connectivity index (χ0v) is 10.2. The van der Waals surface area contributed by atoms with Crippen molar-refractivity contribution < 1.29 is 14.6 Å². The summed E-state index contributed by atoms with van der Waals surface area (Å²) in [4.78, 5) is 11.5. The molecule has 5 heteroatoms. The minimum absolute atomic E-state index is 0.0125. The fourth-order valence-corrected chi connectivity index (χ4v) is 1.66. The average molecular weight is 284 g/mol. The lowest BCUT2D eigenvalue weighted by molar-refractivity contribution is 0.0526. The smallest absolute Gasteiger partial charge is 0.339 e. The maximum absolute atomic E-state index is 11.5. The average Bonchev–Trinajstić information content (AvgIpc) is 2.28. The van der Waals surface area contributed by atoms with Crippen molar-refractivity contribution in [1.29, 1.82) is 5.26 Å². The summed E-state index contributed by atoms with van der Waals surface area (Å²) in [7, 11) is 0. The van der Waals surface area contributed by atoms with Crippen molar-refractivity contribution in [3.05, 3.63) is 28.8 Å². The predicted molar refractivity (Wildman–Crippen MR) is 61.4 cm³/mol. The van der Waals surface area contributed by atoms with Gasteiger partial charge in [0.15, 0.2) is 0 Å². The minimum Gasteiger partial charge on any atom is -0.508 e. The number of nitriles is 1. The lowest BCUT2D eigenvalue weighted by Crippen LogP contribution is -2.07. The van der Waals surface area contributed by atoms with Crippen LogP contribution in [0.3, 0.4) is 0 Å². The molecule has 0 heterocycles. The highest BCUT2D eigenvalue weighted by molar-refractivity contribution is 9.08. The largest absolute Gasteiger partial charge is 0.508 e. The van der Waals surface area contributed by atoms with Gasteiger partial charge in [0.25, 0.3) is 0 Å². The molecular formula is C11H10BrNO3. The van der Waals surface area contributed by atoms with Crippen molar-refractivity contribution in [2.24, 2.45) is 0 Å². The summed E-state index contributed by atoms with van der Waals surface area (Å²) in [6.45, 7) is 1.93. The summed E-state index contributed by atoms with van der Waals surface area (Å²) in [6, 6.07) is 4.58. The number of hydrogen-bond acceptors (Lipinski definition) is 4. The molecule has 0 spiro atoms. The van der Waals surface area contributed by atoms with E-state index in [-0.39, 0.29) is 23.5 Å². The SMILES string of the molecule is CCOC(=O)c1cc(CBr)c(O)cc1C#N. The van der Waals surface area contributed by atoms with E-state index in [1.807, 2.05) is 6.07 Å². The molecular weight excluding hydrogens is 274 g/mol. The van der Waals surface area contributed by atoms with Crippen LogP contribution in [-0.4, -0.2) is 17.7 Å². The number of alkyl halides is 1. The van der Waals surface area contributed by atoms with Gasteiger partial charge in [0.2, 0.25) is 0 Å². The van der Waals surface area contributed by atoms with Crippen LogP contribution >= 0.6 is 15.9 Å². The molecule has 1 N–H and O–H groups in total. The predicted octanol–water partition coefficient (Wildman–Crippen LogP) is 2.34. The summed E-state index contributed by atoms with van der Waals surface area (Å²) >= 11 is 3.18. The minimum atomic E-state index is -0.554. The molecule has 4 nitrogen and oxygen atoms in total. The van der Waals surface area contributed by atoms with E-state index < -0.39 is 5.97 Å². The van der Waals surface area contributed by atoms with E-state index in [0.717, 1.165) is 0 Å². The molecule has 0 atom stereocenters. The van der Waals surface area contributed by atoms with Crippen molar-refractivity contribution in [2.75, 3.05) is 6.61 Å². The number of hydrogen-bond donors (Lipinski definition) is 1. The van der Waals surface area contributed by atoms with Gasteiger partial charge in [-0.25, -0.2) is 4.79 Å². The molecule has 0 saturated carbocycles. The number of benzene rings is 1. The van der Waals surface area contributed by atoms with Crippen molar-refractivity contribution in [1.82, 2.24) is 0 Å². The van der Waals surface area contributed by atoms with E-state index in [2.05, 4.69) is 15.9 Å². The third-order valence-electron chi connectivity index (χ3n) is 1.98. The molecule has 0 aliphatic heterocycles. The fourth-order valence-electron chi connectivity index (χ4n) is 1.21.